The fourth-order valence-electron chi connectivity index (χ4n) is 3.35. The second-order valence-electron chi connectivity index (χ2n) is 6.48. The maximum atomic E-state index is 12.3. The van der Waals surface area contributed by atoms with Gasteiger partial charge in [0.25, 0.3) is 0 Å². The van der Waals surface area contributed by atoms with Gasteiger partial charge in [0.05, 0.1) is 12.8 Å². The molecule has 1 aromatic carbocycles. The Morgan fingerprint density at radius 2 is 2.08 bits per heavy atom. The number of hydrogen-bond donors (Lipinski definition) is 2. The van der Waals surface area contributed by atoms with Crippen LogP contribution in [0.2, 0.25) is 0 Å². The zero-order valence-electron chi connectivity index (χ0n) is 15.2. The van der Waals surface area contributed by atoms with Crippen LogP contribution >= 0.6 is 23.7 Å². The van der Waals surface area contributed by atoms with Crippen molar-refractivity contribution in [2.75, 3.05) is 12.4 Å². The van der Waals surface area contributed by atoms with Gasteiger partial charge in [0.2, 0.25) is 5.91 Å². The topological polar surface area (TPSA) is 77.2 Å². The lowest BCUT2D eigenvalue weighted by Crippen LogP contribution is -2.28. The molecule has 1 fully saturated rings. The summed E-state index contributed by atoms with van der Waals surface area (Å²) in [6, 6.07) is 8.00. The van der Waals surface area contributed by atoms with Crippen molar-refractivity contribution in [1.29, 1.82) is 0 Å². The van der Waals surface area contributed by atoms with Gasteiger partial charge in [-0.05, 0) is 49.4 Å². The lowest BCUT2D eigenvalue weighted by molar-refractivity contribution is -0.117. The van der Waals surface area contributed by atoms with Crippen LogP contribution < -0.4 is 15.8 Å². The van der Waals surface area contributed by atoms with Crippen molar-refractivity contribution < 1.29 is 9.53 Å². The normalized spacial score (nSPS) is 19.0. The molecular weight excluding hydrogens is 370 g/mol. The van der Waals surface area contributed by atoms with Gasteiger partial charge in [-0.15, -0.1) is 23.7 Å². The van der Waals surface area contributed by atoms with E-state index in [9.17, 15) is 4.79 Å². The van der Waals surface area contributed by atoms with Gasteiger partial charge in [-0.2, -0.15) is 0 Å². The Kier molecular flexibility index (Phi) is 7.43. The molecule has 1 saturated carbocycles. The largest absolute Gasteiger partial charge is 0.497 e. The number of carbonyl (C=O) groups excluding carboxylic acids is 1. The molecule has 0 unspecified atom stereocenters. The summed E-state index contributed by atoms with van der Waals surface area (Å²) in [7, 11) is 1.65. The van der Waals surface area contributed by atoms with E-state index in [-0.39, 0.29) is 24.4 Å². The highest BCUT2D eigenvalue weighted by atomic mass is 35.5. The average molecular weight is 396 g/mol. The molecule has 5 nitrogen and oxygen atoms in total. The molecule has 26 heavy (non-hydrogen) atoms. The number of rotatable bonds is 6. The Labute approximate surface area is 164 Å². The second-order valence-corrected chi connectivity index (χ2v) is 7.56. The number of nitrogens with two attached hydrogens (primary N) is 1. The maximum Gasteiger partial charge on any atom is 0.226 e. The molecule has 7 heteroatoms. The molecule has 2 atom stereocenters. The van der Waals surface area contributed by atoms with Gasteiger partial charge in [-0.1, -0.05) is 13.3 Å². The first kappa shape index (κ1) is 20.7. The minimum absolute atomic E-state index is 0. The number of benzene rings is 1. The van der Waals surface area contributed by atoms with E-state index in [0.717, 1.165) is 47.6 Å². The first-order valence-electron chi connectivity index (χ1n) is 8.80. The minimum atomic E-state index is 0. The highest BCUT2D eigenvalue weighted by Gasteiger charge is 2.26. The van der Waals surface area contributed by atoms with E-state index >= 15 is 0 Å². The molecule has 3 rings (SSSR count). The molecule has 0 bridgehead atoms. The van der Waals surface area contributed by atoms with Crippen molar-refractivity contribution in [3.63, 3.8) is 0 Å². The predicted octanol–water partition coefficient (Wildman–Crippen LogP) is 4.26. The summed E-state index contributed by atoms with van der Waals surface area (Å²) in [6.45, 7) is 2.10. The Bertz CT molecular complexity index is 733. The maximum absolute atomic E-state index is 12.3. The van der Waals surface area contributed by atoms with E-state index in [0.29, 0.717) is 17.5 Å². The Morgan fingerprint density at radius 3 is 2.65 bits per heavy atom. The molecule has 142 valence electrons. The molecule has 3 N–H and O–H groups in total. The van der Waals surface area contributed by atoms with Crippen LogP contribution in [0.5, 0.6) is 5.75 Å². The third-order valence-corrected chi connectivity index (χ3v) is 5.91. The van der Waals surface area contributed by atoms with Gasteiger partial charge < -0.3 is 15.8 Å². The van der Waals surface area contributed by atoms with E-state index in [1.54, 1.807) is 18.4 Å². The lowest BCUT2D eigenvalue weighted by Gasteiger charge is -2.13. The molecule has 2 aromatic rings. The minimum Gasteiger partial charge on any atom is -0.497 e. The Hall–Kier alpha value is -1.63. The molecule has 0 saturated heterocycles. The summed E-state index contributed by atoms with van der Waals surface area (Å²) < 4.78 is 5.21. The zero-order valence-corrected chi connectivity index (χ0v) is 16.8. The van der Waals surface area contributed by atoms with Gasteiger partial charge >= 0.3 is 0 Å². The molecule has 1 heterocycles. The van der Waals surface area contributed by atoms with Crippen LogP contribution in [0.1, 0.15) is 37.5 Å². The van der Waals surface area contributed by atoms with Crippen molar-refractivity contribution in [2.45, 2.75) is 45.1 Å². The molecule has 1 aromatic heterocycles. The quantitative estimate of drug-likeness (QED) is 0.766. The van der Waals surface area contributed by atoms with Gasteiger partial charge in [0.1, 0.15) is 5.75 Å². The molecule has 1 aliphatic rings. The summed E-state index contributed by atoms with van der Waals surface area (Å²) in [6.07, 6.45) is 4.56. The van der Waals surface area contributed by atoms with Crippen molar-refractivity contribution in [2.24, 2.45) is 11.7 Å². The van der Waals surface area contributed by atoms with Crippen LogP contribution in [0.3, 0.4) is 0 Å². The summed E-state index contributed by atoms with van der Waals surface area (Å²) >= 11 is 1.55. The number of ether oxygens (including phenoxy) is 1. The molecule has 1 aliphatic carbocycles. The van der Waals surface area contributed by atoms with Crippen LogP contribution in [0.4, 0.5) is 5.13 Å². The van der Waals surface area contributed by atoms with E-state index in [4.69, 9.17) is 10.5 Å². The SMILES string of the molecule is CCc1sc(NC(=O)C[C@@H]2CCC[C@H]2N)nc1-c1ccc(OC)cc1.Cl. The summed E-state index contributed by atoms with van der Waals surface area (Å²) in [5, 5.41) is 3.63. The van der Waals surface area contributed by atoms with Gasteiger partial charge in [0.15, 0.2) is 5.13 Å². The van der Waals surface area contributed by atoms with E-state index in [1.807, 2.05) is 24.3 Å². The number of carbonyl (C=O) groups is 1. The number of aromatic nitrogens is 1. The van der Waals surface area contributed by atoms with Crippen LogP contribution in [0.25, 0.3) is 11.3 Å². The first-order chi connectivity index (χ1) is 12.1. The number of hydrogen-bond acceptors (Lipinski definition) is 5. The zero-order chi connectivity index (χ0) is 17.8. The third-order valence-electron chi connectivity index (χ3n) is 4.79. The highest BCUT2D eigenvalue weighted by molar-refractivity contribution is 7.16. The standard InChI is InChI=1S/C19H25N3O2S.ClH/c1-3-16-18(12-7-9-14(24-2)10-8-12)22-19(25-16)21-17(23)11-13-5-4-6-15(13)20;/h7-10,13,15H,3-6,11,20H2,1-2H3,(H,21,22,23);1H/t13-,15+;/m0./s1. The molecule has 0 spiro atoms. The van der Waals surface area contributed by atoms with Crippen molar-refractivity contribution in [3.8, 4) is 17.0 Å². The summed E-state index contributed by atoms with van der Waals surface area (Å²) in [5.74, 6) is 1.13. The number of thiazole rings is 1. The third kappa shape index (κ3) is 4.75. The van der Waals surface area contributed by atoms with Crippen molar-refractivity contribution >= 4 is 34.8 Å². The van der Waals surface area contributed by atoms with Crippen molar-refractivity contribution in [3.05, 3.63) is 29.1 Å². The summed E-state index contributed by atoms with van der Waals surface area (Å²) in [4.78, 5) is 18.1. The number of nitrogens with one attached hydrogen (secondary N) is 1. The number of aryl methyl sites for hydroxylation is 1. The molecule has 0 radical (unpaired) electrons. The second kappa shape index (κ2) is 9.35. The number of anilines is 1. The van der Waals surface area contributed by atoms with Crippen LogP contribution in [0.15, 0.2) is 24.3 Å². The number of methoxy groups -OCH3 is 1. The first-order valence-corrected chi connectivity index (χ1v) is 9.62. The molecular formula is C19H26ClN3O2S. The van der Waals surface area contributed by atoms with E-state index < -0.39 is 0 Å². The number of halogens is 1. The van der Waals surface area contributed by atoms with Crippen LogP contribution in [-0.2, 0) is 11.2 Å². The van der Waals surface area contributed by atoms with Gasteiger partial charge in [0, 0.05) is 22.9 Å². The number of amides is 1. The van der Waals surface area contributed by atoms with E-state index in [1.165, 1.54) is 0 Å². The monoisotopic (exact) mass is 395 g/mol. The van der Waals surface area contributed by atoms with Gasteiger partial charge in [-0.25, -0.2) is 4.98 Å². The lowest BCUT2D eigenvalue weighted by atomic mass is 10.00. The molecule has 1 amide bonds. The molecule has 0 aliphatic heterocycles. The highest BCUT2D eigenvalue weighted by Crippen LogP contribution is 2.33. The van der Waals surface area contributed by atoms with E-state index in [2.05, 4.69) is 17.2 Å². The van der Waals surface area contributed by atoms with Crippen molar-refractivity contribution in [1.82, 2.24) is 4.98 Å². The van der Waals surface area contributed by atoms with Crippen LogP contribution in [0, 0.1) is 5.92 Å². The smallest absolute Gasteiger partial charge is 0.226 e. The Balaban J connectivity index is 0.00000243. The van der Waals surface area contributed by atoms with Crippen LogP contribution in [-0.4, -0.2) is 24.0 Å². The van der Waals surface area contributed by atoms with Gasteiger partial charge in [-0.3, -0.25) is 4.79 Å². The predicted molar refractivity (Wildman–Crippen MR) is 109 cm³/mol. The summed E-state index contributed by atoms with van der Waals surface area (Å²) in [5.41, 5.74) is 8.03. The fraction of sp³-hybridized carbons (Fsp3) is 0.474. The fourth-order valence-corrected chi connectivity index (χ4v) is 4.29. The average Bonchev–Trinajstić information content (AvgIpc) is 3.21. The Morgan fingerprint density at radius 1 is 1.35 bits per heavy atom. The number of nitrogens with zero attached hydrogens (tertiary/aromatic N) is 1.